The van der Waals surface area contributed by atoms with Crippen molar-refractivity contribution in [3.05, 3.63) is 23.8 Å². The summed E-state index contributed by atoms with van der Waals surface area (Å²) in [7, 11) is 0. The van der Waals surface area contributed by atoms with Gasteiger partial charge < -0.3 is 19.5 Å². The minimum atomic E-state index is -0.951. The van der Waals surface area contributed by atoms with Crippen LogP contribution in [0.2, 0.25) is 0 Å². The van der Waals surface area contributed by atoms with Crippen molar-refractivity contribution in [1.29, 1.82) is 0 Å². The number of likely N-dealkylation sites (N-methyl/N-ethyl adjacent to an activating group) is 1. The molecule has 0 saturated carbocycles. The molecule has 1 aliphatic heterocycles. The third-order valence-corrected chi connectivity index (χ3v) is 3.71. The Morgan fingerprint density at radius 1 is 1.27 bits per heavy atom. The number of nitrogens with zero attached hydrogens (tertiary/aromatic N) is 1. The lowest BCUT2D eigenvalue weighted by Crippen LogP contribution is -2.39. The van der Waals surface area contributed by atoms with E-state index in [4.69, 9.17) is 14.6 Å². The van der Waals surface area contributed by atoms with Crippen LogP contribution in [0.15, 0.2) is 18.2 Å². The number of carbonyl (C=O) groups excluding carboxylic acids is 1. The summed E-state index contributed by atoms with van der Waals surface area (Å²) in [6.07, 6.45) is 0.587. The topological polar surface area (TPSA) is 76.1 Å². The first-order chi connectivity index (χ1) is 10.5. The molecule has 1 atom stereocenters. The van der Waals surface area contributed by atoms with Crippen molar-refractivity contribution < 1.29 is 24.2 Å². The molecule has 0 aliphatic carbocycles. The molecule has 1 amide bonds. The maximum Gasteiger partial charge on any atom is 0.303 e. The van der Waals surface area contributed by atoms with Crippen LogP contribution in [0.5, 0.6) is 11.5 Å². The van der Waals surface area contributed by atoms with Crippen molar-refractivity contribution in [3.63, 3.8) is 0 Å². The Bertz CT molecular complexity index is 557. The average Bonchev–Trinajstić information content (AvgIpc) is 2.93. The highest BCUT2D eigenvalue weighted by Gasteiger charge is 2.20. The molecule has 0 fully saturated rings. The zero-order chi connectivity index (χ0) is 16.1. The zero-order valence-electron chi connectivity index (χ0n) is 12.9. The summed E-state index contributed by atoms with van der Waals surface area (Å²) in [4.78, 5) is 24.4. The van der Waals surface area contributed by atoms with Gasteiger partial charge in [0.1, 0.15) is 0 Å². The van der Waals surface area contributed by atoms with Crippen molar-refractivity contribution in [2.75, 3.05) is 13.3 Å². The molecule has 1 heterocycles. The van der Waals surface area contributed by atoms with E-state index in [0.29, 0.717) is 13.0 Å². The van der Waals surface area contributed by atoms with Gasteiger partial charge in [0, 0.05) is 19.0 Å². The van der Waals surface area contributed by atoms with E-state index in [1.807, 2.05) is 32.0 Å². The van der Waals surface area contributed by atoms with E-state index in [-0.39, 0.29) is 31.6 Å². The lowest BCUT2D eigenvalue weighted by molar-refractivity contribution is -0.141. The summed E-state index contributed by atoms with van der Waals surface area (Å²) >= 11 is 0. The van der Waals surface area contributed by atoms with E-state index in [1.54, 1.807) is 4.90 Å². The minimum absolute atomic E-state index is 0.00772. The van der Waals surface area contributed by atoms with Gasteiger partial charge in [0.25, 0.3) is 0 Å². The number of ether oxygens (including phenoxy) is 2. The Hall–Kier alpha value is -2.24. The fourth-order valence-electron chi connectivity index (χ4n) is 2.61. The SMILES string of the molecule is CCN(C(=O)CCC(=O)O)C(C)Cc1ccc2c(c1)OCO2. The molecule has 6 heteroatoms. The molecule has 120 valence electrons. The van der Waals surface area contributed by atoms with E-state index in [1.165, 1.54) is 0 Å². The summed E-state index contributed by atoms with van der Waals surface area (Å²) < 4.78 is 10.6. The summed E-state index contributed by atoms with van der Waals surface area (Å²) in [6, 6.07) is 5.74. The van der Waals surface area contributed by atoms with Crippen LogP contribution >= 0.6 is 0 Å². The highest BCUT2D eigenvalue weighted by molar-refractivity contribution is 5.80. The van der Waals surface area contributed by atoms with E-state index >= 15 is 0 Å². The van der Waals surface area contributed by atoms with Crippen LogP contribution < -0.4 is 9.47 Å². The first-order valence-electron chi connectivity index (χ1n) is 7.41. The monoisotopic (exact) mass is 307 g/mol. The molecule has 1 aromatic rings. The molecule has 0 radical (unpaired) electrons. The van der Waals surface area contributed by atoms with Crippen molar-refractivity contribution in [1.82, 2.24) is 4.90 Å². The summed E-state index contributed by atoms with van der Waals surface area (Å²) in [5.74, 6) is 0.386. The standard InChI is InChI=1S/C16H21NO5/c1-3-17(15(18)6-7-16(19)20)11(2)8-12-4-5-13-14(9-12)22-10-21-13/h4-5,9,11H,3,6-8,10H2,1-2H3,(H,19,20). The van der Waals surface area contributed by atoms with Gasteiger partial charge >= 0.3 is 5.97 Å². The number of benzene rings is 1. The van der Waals surface area contributed by atoms with Gasteiger partial charge in [-0.15, -0.1) is 0 Å². The van der Waals surface area contributed by atoms with Crippen LogP contribution in [0.1, 0.15) is 32.3 Å². The molecular weight excluding hydrogens is 286 g/mol. The summed E-state index contributed by atoms with van der Waals surface area (Å²) in [6.45, 7) is 4.66. The maximum atomic E-state index is 12.1. The highest BCUT2D eigenvalue weighted by Crippen LogP contribution is 2.33. The Kier molecular flexibility index (Phi) is 5.25. The van der Waals surface area contributed by atoms with Gasteiger partial charge in [-0.2, -0.15) is 0 Å². The Balaban J connectivity index is 1.98. The molecule has 0 saturated heterocycles. The average molecular weight is 307 g/mol. The van der Waals surface area contributed by atoms with Crippen LogP contribution in [0.3, 0.4) is 0 Å². The lowest BCUT2D eigenvalue weighted by Gasteiger charge is -2.28. The van der Waals surface area contributed by atoms with Crippen LogP contribution in [-0.2, 0) is 16.0 Å². The van der Waals surface area contributed by atoms with Gasteiger partial charge in [-0.25, -0.2) is 0 Å². The quantitative estimate of drug-likeness (QED) is 0.834. The molecule has 6 nitrogen and oxygen atoms in total. The van der Waals surface area contributed by atoms with Gasteiger partial charge in [0.05, 0.1) is 6.42 Å². The second-order valence-electron chi connectivity index (χ2n) is 5.31. The van der Waals surface area contributed by atoms with Crippen molar-refractivity contribution in [2.24, 2.45) is 0 Å². The molecule has 1 aliphatic rings. The van der Waals surface area contributed by atoms with Gasteiger partial charge in [-0.1, -0.05) is 6.07 Å². The maximum absolute atomic E-state index is 12.1. The Labute approximate surface area is 129 Å². The molecule has 0 aromatic heterocycles. The van der Waals surface area contributed by atoms with Crippen molar-refractivity contribution in [3.8, 4) is 11.5 Å². The van der Waals surface area contributed by atoms with Gasteiger partial charge in [0.15, 0.2) is 11.5 Å². The molecule has 1 unspecified atom stereocenters. The second-order valence-corrected chi connectivity index (χ2v) is 5.31. The van der Waals surface area contributed by atoms with E-state index in [2.05, 4.69) is 0 Å². The predicted octanol–water partition coefficient (Wildman–Crippen LogP) is 2.06. The molecule has 1 N–H and O–H groups in total. The molecule has 1 aromatic carbocycles. The van der Waals surface area contributed by atoms with Crippen LogP contribution in [0.4, 0.5) is 0 Å². The van der Waals surface area contributed by atoms with E-state index in [0.717, 1.165) is 17.1 Å². The third-order valence-electron chi connectivity index (χ3n) is 3.71. The number of rotatable bonds is 7. The Morgan fingerprint density at radius 2 is 2.00 bits per heavy atom. The van der Waals surface area contributed by atoms with Gasteiger partial charge in [0.2, 0.25) is 12.7 Å². The van der Waals surface area contributed by atoms with Gasteiger partial charge in [-0.05, 0) is 38.0 Å². The highest BCUT2D eigenvalue weighted by atomic mass is 16.7. The molecule has 22 heavy (non-hydrogen) atoms. The lowest BCUT2D eigenvalue weighted by atomic mass is 10.0. The number of amides is 1. The fraction of sp³-hybridized carbons (Fsp3) is 0.500. The predicted molar refractivity (Wildman–Crippen MR) is 80.0 cm³/mol. The van der Waals surface area contributed by atoms with Crippen LogP contribution in [0.25, 0.3) is 0 Å². The van der Waals surface area contributed by atoms with Gasteiger partial charge in [-0.3, -0.25) is 9.59 Å². The number of hydrogen-bond acceptors (Lipinski definition) is 4. The number of carboxylic acid groups (broad SMARTS) is 1. The molecule has 0 bridgehead atoms. The number of aliphatic carboxylic acids is 1. The number of hydrogen-bond donors (Lipinski definition) is 1. The first kappa shape index (κ1) is 16.1. The Morgan fingerprint density at radius 3 is 2.68 bits per heavy atom. The van der Waals surface area contributed by atoms with E-state index in [9.17, 15) is 9.59 Å². The molecule has 0 spiro atoms. The largest absolute Gasteiger partial charge is 0.481 e. The zero-order valence-corrected chi connectivity index (χ0v) is 12.9. The third kappa shape index (κ3) is 3.90. The van der Waals surface area contributed by atoms with Crippen molar-refractivity contribution >= 4 is 11.9 Å². The molecular formula is C16H21NO5. The van der Waals surface area contributed by atoms with Crippen LogP contribution in [-0.4, -0.2) is 41.3 Å². The summed E-state index contributed by atoms with van der Waals surface area (Å²) in [5.41, 5.74) is 1.06. The normalized spacial score (nSPS) is 13.7. The van der Waals surface area contributed by atoms with Crippen LogP contribution in [0, 0.1) is 0 Å². The smallest absolute Gasteiger partial charge is 0.303 e. The number of carboxylic acids is 1. The fourth-order valence-corrected chi connectivity index (χ4v) is 2.61. The summed E-state index contributed by atoms with van der Waals surface area (Å²) in [5, 5.41) is 8.68. The first-order valence-corrected chi connectivity index (χ1v) is 7.41. The minimum Gasteiger partial charge on any atom is -0.481 e. The second kappa shape index (κ2) is 7.15. The molecule has 2 rings (SSSR count). The number of fused-ring (bicyclic) bond motifs is 1. The van der Waals surface area contributed by atoms with Crippen molar-refractivity contribution in [2.45, 2.75) is 39.2 Å². The van der Waals surface area contributed by atoms with E-state index < -0.39 is 5.97 Å². The number of carbonyl (C=O) groups is 2.